The second-order valence-electron chi connectivity index (χ2n) is 3.81. The summed E-state index contributed by atoms with van der Waals surface area (Å²) in [6, 6.07) is 4.22. The molecule has 0 spiro atoms. The van der Waals surface area contributed by atoms with Crippen LogP contribution >= 0.6 is 0 Å². The van der Waals surface area contributed by atoms with Crippen molar-refractivity contribution >= 4 is 17.8 Å². The summed E-state index contributed by atoms with van der Waals surface area (Å²) in [5.41, 5.74) is -0.120. The first-order chi connectivity index (χ1) is 9.00. The van der Waals surface area contributed by atoms with Gasteiger partial charge in [0.1, 0.15) is 11.4 Å². The highest BCUT2D eigenvalue weighted by atomic mass is 16.4. The molecule has 102 valence electrons. The molecule has 0 saturated carbocycles. The fraction of sp³-hybridized carbons (Fsp3) is 0.333. The molecule has 19 heavy (non-hydrogen) atoms. The van der Waals surface area contributed by atoms with Crippen LogP contribution in [0.5, 0.6) is 0 Å². The van der Waals surface area contributed by atoms with Crippen molar-refractivity contribution in [3.05, 3.63) is 29.6 Å². The Labute approximate surface area is 110 Å². The summed E-state index contributed by atoms with van der Waals surface area (Å²) in [6.07, 6.45) is 0.587. The van der Waals surface area contributed by atoms with Crippen molar-refractivity contribution in [1.82, 2.24) is 15.6 Å². The van der Waals surface area contributed by atoms with Crippen LogP contribution in [-0.4, -0.2) is 41.0 Å². The molecule has 1 aromatic heterocycles. The Balaban J connectivity index is 2.43. The first-order valence-corrected chi connectivity index (χ1v) is 5.73. The predicted molar refractivity (Wildman–Crippen MR) is 66.8 cm³/mol. The maximum atomic E-state index is 11.7. The molecular formula is C12H15N3O4. The van der Waals surface area contributed by atoms with Gasteiger partial charge in [-0.05, 0) is 18.6 Å². The van der Waals surface area contributed by atoms with E-state index >= 15 is 0 Å². The van der Waals surface area contributed by atoms with Crippen molar-refractivity contribution in [2.45, 2.75) is 13.3 Å². The van der Waals surface area contributed by atoms with E-state index in [0.717, 1.165) is 0 Å². The van der Waals surface area contributed by atoms with Crippen molar-refractivity contribution in [3.8, 4) is 0 Å². The minimum atomic E-state index is -1.18. The van der Waals surface area contributed by atoms with Crippen LogP contribution in [0.15, 0.2) is 18.2 Å². The van der Waals surface area contributed by atoms with E-state index in [2.05, 4.69) is 15.6 Å². The lowest BCUT2D eigenvalue weighted by molar-refractivity contribution is -0.118. The molecule has 1 heterocycles. The average Bonchev–Trinajstić information content (AvgIpc) is 2.37. The lowest BCUT2D eigenvalue weighted by atomic mass is 10.3. The standard InChI is InChI=1S/C12H15N3O4/c1-8(16)13-6-3-7-14-11(17)9-4-2-5-10(15-9)12(18)19/h2,4-5H,3,6-7H2,1H3,(H,13,16)(H,14,17)(H,18,19). The summed E-state index contributed by atoms with van der Waals surface area (Å²) in [7, 11) is 0. The molecule has 3 N–H and O–H groups in total. The topological polar surface area (TPSA) is 108 Å². The minimum absolute atomic E-state index is 0.0550. The molecule has 7 nitrogen and oxygen atoms in total. The van der Waals surface area contributed by atoms with Gasteiger partial charge in [-0.15, -0.1) is 0 Å². The predicted octanol–water partition coefficient (Wildman–Crippen LogP) is 0.0358. The number of carbonyl (C=O) groups is 3. The third-order valence-electron chi connectivity index (χ3n) is 2.21. The van der Waals surface area contributed by atoms with Crippen molar-refractivity contribution in [2.75, 3.05) is 13.1 Å². The Morgan fingerprint density at radius 3 is 2.42 bits per heavy atom. The highest BCUT2D eigenvalue weighted by Crippen LogP contribution is 1.99. The van der Waals surface area contributed by atoms with Gasteiger partial charge < -0.3 is 15.7 Å². The van der Waals surface area contributed by atoms with Crippen LogP contribution in [0.25, 0.3) is 0 Å². The van der Waals surface area contributed by atoms with E-state index in [9.17, 15) is 14.4 Å². The monoisotopic (exact) mass is 265 g/mol. The van der Waals surface area contributed by atoms with Gasteiger partial charge in [0.25, 0.3) is 5.91 Å². The van der Waals surface area contributed by atoms with Gasteiger partial charge in [-0.1, -0.05) is 6.07 Å². The van der Waals surface area contributed by atoms with Crippen molar-refractivity contribution in [2.24, 2.45) is 0 Å². The molecule has 2 amide bonds. The first-order valence-electron chi connectivity index (χ1n) is 5.73. The van der Waals surface area contributed by atoms with Crippen LogP contribution in [0.3, 0.4) is 0 Å². The third kappa shape index (κ3) is 5.15. The van der Waals surface area contributed by atoms with E-state index in [0.29, 0.717) is 19.5 Å². The Morgan fingerprint density at radius 1 is 1.16 bits per heavy atom. The lowest BCUT2D eigenvalue weighted by Gasteiger charge is -2.05. The Kier molecular flexibility index (Phi) is 5.46. The largest absolute Gasteiger partial charge is 0.477 e. The van der Waals surface area contributed by atoms with Gasteiger partial charge in [0, 0.05) is 20.0 Å². The zero-order chi connectivity index (χ0) is 14.3. The van der Waals surface area contributed by atoms with Gasteiger partial charge in [-0.3, -0.25) is 9.59 Å². The van der Waals surface area contributed by atoms with E-state index in [-0.39, 0.29) is 17.3 Å². The second kappa shape index (κ2) is 7.10. The van der Waals surface area contributed by atoms with Crippen LogP contribution in [0.4, 0.5) is 0 Å². The molecule has 0 saturated heterocycles. The normalized spacial score (nSPS) is 9.74. The van der Waals surface area contributed by atoms with Crippen LogP contribution in [0.2, 0.25) is 0 Å². The molecule has 7 heteroatoms. The molecule has 0 aliphatic rings. The number of aromatic nitrogens is 1. The van der Waals surface area contributed by atoms with E-state index in [4.69, 9.17) is 5.11 Å². The van der Waals surface area contributed by atoms with Gasteiger partial charge in [0.15, 0.2) is 0 Å². The number of hydrogen-bond donors (Lipinski definition) is 3. The zero-order valence-electron chi connectivity index (χ0n) is 10.5. The average molecular weight is 265 g/mol. The minimum Gasteiger partial charge on any atom is -0.477 e. The van der Waals surface area contributed by atoms with Crippen molar-refractivity contribution in [1.29, 1.82) is 0 Å². The fourth-order valence-electron chi connectivity index (χ4n) is 1.33. The van der Waals surface area contributed by atoms with Crippen LogP contribution in [0.1, 0.15) is 34.3 Å². The van der Waals surface area contributed by atoms with Crippen LogP contribution in [-0.2, 0) is 4.79 Å². The molecule has 0 atom stereocenters. The number of aromatic carboxylic acids is 1. The van der Waals surface area contributed by atoms with Crippen molar-refractivity contribution in [3.63, 3.8) is 0 Å². The first kappa shape index (κ1) is 14.6. The molecule has 0 fully saturated rings. The smallest absolute Gasteiger partial charge is 0.354 e. The highest BCUT2D eigenvalue weighted by molar-refractivity contribution is 5.94. The summed E-state index contributed by atoms with van der Waals surface area (Å²) in [5, 5.41) is 13.9. The Morgan fingerprint density at radius 2 is 1.79 bits per heavy atom. The molecule has 0 aromatic carbocycles. The number of pyridine rings is 1. The van der Waals surface area contributed by atoms with Crippen molar-refractivity contribution < 1.29 is 19.5 Å². The molecule has 0 aliphatic heterocycles. The van der Waals surface area contributed by atoms with Gasteiger partial charge in [0.05, 0.1) is 0 Å². The molecular weight excluding hydrogens is 250 g/mol. The second-order valence-corrected chi connectivity index (χ2v) is 3.81. The highest BCUT2D eigenvalue weighted by Gasteiger charge is 2.10. The number of carbonyl (C=O) groups excluding carboxylic acids is 2. The van der Waals surface area contributed by atoms with E-state index < -0.39 is 11.9 Å². The third-order valence-corrected chi connectivity index (χ3v) is 2.21. The molecule has 1 aromatic rings. The fourth-order valence-corrected chi connectivity index (χ4v) is 1.33. The summed E-state index contributed by atoms with van der Waals surface area (Å²) >= 11 is 0. The number of carboxylic acids is 1. The molecule has 0 unspecified atom stereocenters. The van der Waals surface area contributed by atoms with Crippen LogP contribution < -0.4 is 10.6 Å². The SMILES string of the molecule is CC(=O)NCCCNC(=O)c1cccc(C(=O)O)n1. The van der Waals surface area contributed by atoms with Gasteiger partial charge in [-0.25, -0.2) is 9.78 Å². The maximum Gasteiger partial charge on any atom is 0.354 e. The molecule has 0 aliphatic carbocycles. The lowest BCUT2D eigenvalue weighted by Crippen LogP contribution is -2.29. The summed E-state index contributed by atoms with van der Waals surface area (Å²) < 4.78 is 0. The number of nitrogens with one attached hydrogen (secondary N) is 2. The number of hydrogen-bond acceptors (Lipinski definition) is 4. The summed E-state index contributed by atoms with van der Waals surface area (Å²) in [5.74, 6) is -1.74. The van der Waals surface area contributed by atoms with Gasteiger partial charge in [0.2, 0.25) is 5.91 Å². The number of rotatable bonds is 6. The molecule has 0 radical (unpaired) electrons. The Hall–Kier alpha value is -2.44. The number of amides is 2. The van der Waals surface area contributed by atoms with E-state index in [1.807, 2.05) is 0 Å². The van der Waals surface area contributed by atoms with Crippen LogP contribution in [0, 0.1) is 0 Å². The van der Waals surface area contributed by atoms with Gasteiger partial charge in [-0.2, -0.15) is 0 Å². The quantitative estimate of drug-likeness (QED) is 0.629. The zero-order valence-corrected chi connectivity index (χ0v) is 10.5. The molecule has 0 bridgehead atoms. The number of nitrogens with zero attached hydrogens (tertiary/aromatic N) is 1. The summed E-state index contributed by atoms with van der Waals surface area (Å²) in [4.78, 5) is 36.7. The maximum absolute atomic E-state index is 11.7. The molecule has 1 rings (SSSR count). The van der Waals surface area contributed by atoms with Gasteiger partial charge >= 0.3 is 5.97 Å². The summed E-state index contributed by atoms with van der Waals surface area (Å²) in [6.45, 7) is 2.26. The Bertz CT molecular complexity index is 488. The number of carboxylic acid groups (broad SMARTS) is 1. The van der Waals surface area contributed by atoms with E-state index in [1.165, 1.54) is 25.1 Å². The van der Waals surface area contributed by atoms with E-state index in [1.54, 1.807) is 0 Å².